The zero-order valence-electron chi connectivity index (χ0n) is 17.0. The quantitative estimate of drug-likeness (QED) is 0.517. The minimum Gasteiger partial charge on any atom is -0.346 e. The predicted molar refractivity (Wildman–Crippen MR) is 125 cm³/mol. The van der Waals surface area contributed by atoms with Gasteiger partial charge in [-0.3, -0.25) is 9.78 Å². The van der Waals surface area contributed by atoms with E-state index in [9.17, 15) is 4.79 Å². The first-order valence-corrected chi connectivity index (χ1v) is 10.8. The van der Waals surface area contributed by atoms with E-state index in [0.717, 1.165) is 35.6 Å². The number of benzene rings is 1. The number of aromatic nitrogens is 1. The molecule has 0 radical (unpaired) electrons. The lowest BCUT2D eigenvalue weighted by atomic mass is 9.96. The van der Waals surface area contributed by atoms with Crippen molar-refractivity contribution in [1.29, 1.82) is 0 Å². The van der Waals surface area contributed by atoms with Gasteiger partial charge in [0.2, 0.25) is 0 Å². The summed E-state index contributed by atoms with van der Waals surface area (Å²) in [6.07, 6.45) is 10.0. The molecule has 1 amide bonds. The molecule has 1 aromatic heterocycles. The molecule has 1 aliphatic carbocycles. The van der Waals surface area contributed by atoms with Crippen molar-refractivity contribution in [3.8, 4) is 0 Å². The number of anilines is 1. The van der Waals surface area contributed by atoms with Gasteiger partial charge in [-0.1, -0.05) is 30.4 Å². The minimum absolute atomic E-state index is 0.145. The lowest BCUT2D eigenvalue weighted by Gasteiger charge is -2.34. The molecule has 30 heavy (non-hydrogen) atoms. The number of carbonyl (C=O) groups excluding carboxylic acids is 1. The molecule has 2 aromatic rings. The van der Waals surface area contributed by atoms with Crippen LogP contribution in [0.4, 0.5) is 5.69 Å². The fraction of sp³-hybridized carbons (Fsp3) is 0.292. The van der Waals surface area contributed by atoms with Gasteiger partial charge in [0.15, 0.2) is 5.11 Å². The van der Waals surface area contributed by atoms with Crippen LogP contribution in [0.25, 0.3) is 5.70 Å². The fourth-order valence-electron chi connectivity index (χ4n) is 3.89. The maximum atomic E-state index is 12.6. The summed E-state index contributed by atoms with van der Waals surface area (Å²) < 4.78 is 0. The van der Waals surface area contributed by atoms with Gasteiger partial charge in [-0.25, -0.2) is 0 Å². The first-order chi connectivity index (χ1) is 14.6. The van der Waals surface area contributed by atoms with Crippen LogP contribution in [0.3, 0.4) is 0 Å². The van der Waals surface area contributed by atoms with Crippen LogP contribution in [0.5, 0.6) is 0 Å². The molecule has 0 unspecified atom stereocenters. The van der Waals surface area contributed by atoms with E-state index in [2.05, 4.69) is 33.2 Å². The second-order valence-corrected chi connectivity index (χ2v) is 8.04. The predicted octanol–water partition coefficient (Wildman–Crippen LogP) is 4.89. The Hall–Kier alpha value is -2.99. The zero-order chi connectivity index (χ0) is 20.9. The summed E-state index contributed by atoms with van der Waals surface area (Å²) in [6.45, 7) is 5.48. The van der Waals surface area contributed by atoms with Crippen molar-refractivity contribution in [1.82, 2.24) is 15.2 Å². The first kappa shape index (κ1) is 20.3. The van der Waals surface area contributed by atoms with Gasteiger partial charge >= 0.3 is 0 Å². The summed E-state index contributed by atoms with van der Waals surface area (Å²) in [7, 11) is 0. The maximum Gasteiger partial charge on any atom is 0.251 e. The Balaban J connectivity index is 1.42. The van der Waals surface area contributed by atoms with E-state index in [1.54, 1.807) is 6.20 Å². The molecule has 0 atom stereocenters. The fourth-order valence-corrected chi connectivity index (χ4v) is 4.20. The van der Waals surface area contributed by atoms with Gasteiger partial charge in [0.05, 0.1) is 17.9 Å². The molecule has 0 spiro atoms. The normalized spacial score (nSPS) is 15.9. The van der Waals surface area contributed by atoms with Crippen LogP contribution in [0.2, 0.25) is 0 Å². The SMILES string of the molecule is C=C1c2ccc(C(=O)NCc3ccccn3)cc2NC(=S)N1CCC1=CCCCC1. The Morgan fingerprint density at radius 1 is 1.27 bits per heavy atom. The van der Waals surface area contributed by atoms with Crippen molar-refractivity contribution < 1.29 is 4.79 Å². The minimum atomic E-state index is -0.145. The molecule has 0 saturated heterocycles. The highest BCUT2D eigenvalue weighted by Crippen LogP contribution is 2.33. The van der Waals surface area contributed by atoms with Gasteiger partial charge in [-0.2, -0.15) is 0 Å². The highest BCUT2D eigenvalue weighted by atomic mass is 32.1. The molecule has 2 N–H and O–H groups in total. The lowest BCUT2D eigenvalue weighted by molar-refractivity contribution is 0.0950. The van der Waals surface area contributed by atoms with Crippen LogP contribution in [-0.2, 0) is 6.54 Å². The van der Waals surface area contributed by atoms with Gasteiger partial charge in [0.1, 0.15) is 0 Å². The molecule has 1 aromatic carbocycles. The third-order valence-corrected chi connectivity index (χ3v) is 5.93. The molecule has 2 heterocycles. The molecular formula is C24H26N4OS. The topological polar surface area (TPSA) is 57.3 Å². The summed E-state index contributed by atoms with van der Waals surface area (Å²) in [5.74, 6) is -0.145. The number of rotatable bonds is 6. The average molecular weight is 419 g/mol. The van der Waals surface area contributed by atoms with E-state index in [1.807, 2.05) is 36.4 Å². The highest BCUT2D eigenvalue weighted by molar-refractivity contribution is 7.80. The number of amides is 1. The van der Waals surface area contributed by atoms with Crippen molar-refractivity contribution in [3.63, 3.8) is 0 Å². The Morgan fingerprint density at radius 3 is 2.93 bits per heavy atom. The van der Waals surface area contributed by atoms with Crippen LogP contribution in [0.1, 0.15) is 53.7 Å². The summed E-state index contributed by atoms with van der Waals surface area (Å²) in [5.41, 5.74) is 5.59. The number of fused-ring (bicyclic) bond motifs is 1. The molecule has 0 bridgehead atoms. The van der Waals surface area contributed by atoms with E-state index in [1.165, 1.54) is 31.3 Å². The summed E-state index contributed by atoms with van der Waals surface area (Å²) in [4.78, 5) is 18.9. The number of allylic oxidation sites excluding steroid dienone is 1. The number of carbonyl (C=O) groups is 1. The number of hydrogen-bond donors (Lipinski definition) is 2. The van der Waals surface area contributed by atoms with Crippen molar-refractivity contribution in [2.24, 2.45) is 0 Å². The third-order valence-electron chi connectivity index (χ3n) is 5.60. The molecule has 1 aliphatic heterocycles. The second kappa shape index (κ2) is 9.22. The van der Waals surface area contributed by atoms with Crippen molar-refractivity contribution in [2.45, 2.75) is 38.6 Å². The van der Waals surface area contributed by atoms with Gasteiger partial charge in [-0.15, -0.1) is 0 Å². The standard InChI is InChI=1S/C24H26N4OS/c1-17-21-11-10-19(23(29)26-16-20-9-5-6-13-25-20)15-22(21)27-24(30)28(17)14-12-18-7-3-2-4-8-18/h5-7,9-11,13,15H,1-4,8,12,14,16H2,(H,26,29)(H,27,30). The summed E-state index contributed by atoms with van der Waals surface area (Å²) in [5, 5.41) is 6.82. The van der Waals surface area contributed by atoms with Gasteiger partial charge in [-0.05, 0) is 68.6 Å². The van der Waals surface area contributed by atoms with E-state index in [-0.39, 0.29) is 5.91 Å². The molecule has 2 aliphatic rings. The van der Waals surface area contributed by atoms with E-state index >= 15 is 0 Å². The zero-order valence-corrected chi connectivity index (χ0v) is 17.8. The largest absolute Gasteiger partial charge is 0.346 e. The average Bonchev–Trinajstić information content (AvgIpc) is 2.78. The Morgan fingerprint density at radius 2 is 2.17 bits per heavy atom. The Kier molecular flexibility index (Phi) is 6.23. The lowest BCUT2D eigenvalue weighted by Crippen LogP contribution is -2.38. The number of thiocarbonyl (C=S) groups is 1. The van der Waals surface area contributed by atoms with E-state index in [0.29, 0.717) is 17.2 Å². The summed E-state index contributed by atoms with van der Waals surface area (Å²) >= 11 is 5.60. The molecule has 154 valence electrons. The molecule has 0 saturated carbocycles. The molecule has 5 nitrogen and oxygen atoms in total. The van der Waals surface area contributed by atoms with Crippen LogP contribution < -0.4 is 10.6 Å². The van der Waals surface area contributed by atoms with Crippen molar-refractivity contribution in [3.05, 3.63) is 77.6 Å². The van der Waals surface area contributed by atoms with Gasteiger partial charge in [0, 0.05) is 29.6 Å². The number of nitrogens with one attached hydrogen (secondary N) is 2. The Bertz CT molecular complexity index is 1000. The summed E-state index contributed by atoms with van der Waals surface area (Å²) in [6, 6.07) is 11.2. The molecule has 4 rings (SSSR count). The second-order valence-electron chi connectivity index (χ2n) is 7.65. The van der Waals surface area contributed by atoms with Crippen LogP contribution in [0.15, 0.2) is 60.8 Å². The van der Waals surface area contributed by atoms with Gasteiger partial charge in [0.25, 0.3) is 5.91 Å². The smallest absolute Gasteiger partial charge is 0.251 e. The number of pyridine rings is 1. The van der Waals surface area contributed by atoms with Crippen LogP contribution in [-0.4, -0.2) is 27.4 Å². The first-order valence-electron chi connectivity index (χ1n) is 10.4. The molecular weight excluding hydrogens is 392 g/mol. The molecule has 0 fully saturated rings. The van der Waals surface area contributed by atoms with E-state index < -0.39 is 0 Å². The third kappa shape index (κ3) is 4.60. The maximum absolute atomic E-state index is 12.6. The Labute approximate surface area is 182 Å². The van der Waals surface area contributed by atoms with Crippen molar-refractivity contribution in [2.75, 3.05) is 11.9 Å². The van der Waals surface area contributed by atoms with Gasteiger partial charge < -0.3 is 15.5 Å². The van der Waals surface area contributed by atoms with Crippen molar-refractivity contribution >= 4 is 34.6 Å². The van der Waals surface area contributed by atoms with Crippen LogP contribution >= 0.6 is 12.2 Å². The number of hydrogen-bond acceptors (Lipinski definition) is 3. The van der Waals surface area contributed by atoms with Crippen LogP contribution in [0, 0.1) is 0 Å². The molecule has 6 heteroatoms. The van der Waals surface area contributed by atoms with E-state index in [4.69, 9.17) is 12.2 Å². The number of nitrogens with zero attached hydrogens (tertiary/aromatic N) is 2. The highest BCUT2D eigenvalue weighted by Gasteiger charge is 2.24. The monoisotopic (exact) mass is 418 g/mol.